The van der Waals surface area contributed by atoms with Gasteiger partial charge in [-0.3, -0.25) is 9.69 Å². The van der Waals surface area contributed by atoms with Crippen molar-refractivity contribution >= 4 is 22.4 Å². The molecule has 19 heavy (non-hydrogen) atoms. The monoisotopic (exact) mass is 254 g/mol. The van der Waals surface area contributed by atoms with Gasteiger partial charge in [0.2, 0.25) is 5.91 Å². The Morgan fingerprint density at radius 3 is 3.05 bits per heavy atom. The number of hydrogen-bond acceptors (Lipinski definition) is 3. The number of benzene rings is 2. The van der Waals surface area contributed by atoms with Gasteiger partial charge in [0.1, 0.15) is 12.4 Å². The molecule has 1 N–H and O–H groups in total. The number of anilines is 1. The first-order chi connectivity index (χ1) is 9.34. The Bertz CT molecular complexity index is 668. The first kappa shape index (κ1) is 10.8. The second kappa shape index (κ2) is 3.96. The van der Waals surface area contributed by atoms with E-state index in [2.05, 4.69) is 17.4 Å². The molecule has 2 aliphatic rings. The normalized spacial score (nSPS) is 21.8. The van der Waals surface area contributed by atoms with Crippen LogP contribution in [0, 0.1) is 0 Å². The molecule has 0 radical (unpaired) electrons. The van der Waals surface area contributed by atoms with Crippen molar-refractivity contribution in [3.05, 3.63) is 36.4 Å². The van der Waals surface area contributed by atoms with Crippen molar-refractivity contribution < 1.29 is 9.53 Å². The number of rotatable bonds is 0. The third kappa shape index (κ3) is 1.53. The summed E-state index contributed by atoms with van der Waals surface area (Å²) in [5.74, 6) is 0.933. The van der Waals surface area contributed by atoms with E-state index in [-0.39, 0.29) is 11.9 Å². The van der Waals surface area contributed by atoms with Gasteiger partial charge in [0.05, 0.1) is 18.3 Å². The molecule has 2 aliphatic heterocycles. The first-order valence-corrected chi connectivity index (χ1v) is 6.52. The highest BCUT2D eigenvalue weighted by Crippen LogP contribution is 2.40. The molecule has 0 spiro atoms. The molecule has 2 heterocycles. The van der Waals surface area contributed by atoms with Gasteiger partial charge in [-0.05, 0) is 11.5 Å². The van der Waals surface area contributed by atoms with Gasteiger partial charge in [0.25, 0.3) is 0 Å². The van der Waals surface area contributed by atoms with Crippen molar-refractivity contribution in [3.8, 4) is 5.75 Å². The standard InChI is InChI=1S/C15H14N2O2/c18-14-8-16-7-11-9-19-13-6-5-10-3-1-2-4-12(10)15(13)17(11)14/h1-6,11,16H,7-9H2. The summed E-state index contributed by atoms with van der Waals surface area (Å²) in [6.07, 6.45) is 0. The number of fused-ring (bicyclic) bond motifs is 5. The molecule has 96 valence electrons. The number of ether oxygens (including phenoxy) is 1. The van der Waals surface area contributed by atoms with Crippen LogP contribution in [0.2, 0.25) is 0 Å². The zero-order chi connectivity index (χ0) is 12.8. The summed E-state index contributed by atoms with van der Waals surface area (Å²) in [4.78, 5) is 14.2. The van der Waals surface area contributed by atoms with Crippen molar-refractivity contribution in [2.45, 2.75) is 6.04 Å². The van der Waals surface area contributed by atoms with E-state index in [1.165, 1.54) is 0 Å². The molecule has 2 aromatic rings. The Morgan fingerprint density at radius 1 is 1.21 bits per heavy atom. The lowest BCUT2D eigenvalue weighted by Crippen LogP contribution is -2.59. The highest BCUT2D eigenvalue weighted by molar-refractivity contribution is 6.07. The maximum atomic E-state index is 12.2. The third-order valence-electron chi connectivity index (χ3n) is 3.83. The Balaban J connectivity index is 1.99. The first-order valence-electron chi connectivity index (χ1n) is 6.52. The summed E-state index contributed by atoms with van der Waals surface area (Å²) < 4.78 is 5.82. The zero-order valence-corrected chi connectivity index (χ0v) is 10.4. The summed E-state index contributed by atoms with van der Waals surface area (Å²) in [5.41, 5.74) is 0.931. The average Bonchev–Trinajstić information content (AvgIpc) is 2.47. The van der Waals surface area contributed by atoms with Crippen molar-refractivity contribution in [2.24, 2.45) is 0 Å². The Kier molecular flexibility index (Phi) is 2.26. The van der Waals surface area contributed by atoms with Crippen molar-refractivity contribution in [2.75, 3.05) is 24.6 Å². The van der Waals surface area contributed by atoms with Crippen LogP contribution < -0.4 is 15.0 Å². The van der Waals surface area contributed by atoms with Crippen LogP contribution in [0.1, 0.15) is 0 Å². The fraction of sp³-hybridized carbons (Fsp3) is 0.267. The Hall–Kier alpha value is -2.07. The smallest absolute Gasteiger partial charge is 0.241 e. The summed E-state index contributed by atoms with van der Waals surface area (Å²) in [6.45, 7) is 1.75. The van der Waals surface area contributed by atoms with E-state index in [0.29, 0.717) is 13.2 Å². The lowest BCUT2D eigenvalue weighted by molar-refractivity contribution is -0.119. The van der Waals surface area contributed by atoms with Gasteiger partial charge in [-0.2, -0.15) is 0 Å². The van der Waals surface area contributed by atoms with Crippen LogP contribution in [0.4, 0.5) is 5.69 Å². The topological polar surface area (TPSA) is 41.6 Å². The van der Waals surface area contributed by atoms with Crippen molar-refractivity contribution in [1.82, 2.24) is 5.32 Å². The van der Waals surface area contributed by atoms with Crippen LogP contribution in [-0.2, 0) is 4.79 Å². The Labute approximate surface area is 111 Å². The molecule has 1 unspecified atom stereocenters. The summed E-state index contributed by atoms with van der Waals surface area (Å²) in [7, 11) is 0. The summed E-state index contributed by atoms with van der Waals surface area (Å²) in [6, 6.07) is 12.2. The van der Waals surface area contributed by atoms with Gasteiger partial charge in [-0.25, -0.2) is 0 Å². The molecule has 1 fully saturated rings. The molecule has 4 rings (SSSR count). The highest BCUT2D eigenvalue weighted by Gasteiger charge is 2.35. The average molecular weight is 254 g/mol. The number of carbonyl (C=O) groups is 1. The van der Waals surface area contributed by atoms with Crippen LogP contribution in [-0.4, -0.2) is 31.6 Å². The van der Waals surface area contributed by atoms with Gasteiger partial charge in [0.15, 0.2) is 0 Å². The van der Waals surface area contributed by atoms with Gasteiger partial charge >= 0.3 is 0 Å². The minimum Gasteiger partial charge on any atom is -0.489 e. The zero-order valence-electron chi connectivity index (χ0n) is 10.4. The maximum absolute atomic E-state index is 12.2. The number of nitrogens with one attached hydrogen (secondary N) is 1. The summed E-state index contributed by atoms with van der Waals surface area (Å²) >= 11 is 0. The summed E-state index contributed by atoms with van der Waals surface area (Å²) in [5, 5.41) is 5.36. The highest BCUT2D eigenvalue weighted by atomic mass is 16.5. The van der Waals surface area contributed by atoms with Crippen LogP contribution in [0.3, 0.4) is 0 Å². The number of hydrogen-bond donors (Lipinski definition) is 1. The molecule has 1 saturated heterocycles. The quantitative estimate of drug-likeness (QED) is 0.775. The molecule has 4 heteroatoms. The third-order valence-corrected chi connectivity index (χ3v) is 3.83. The lowest BCUT2D eigenvalue weighted by Gasteiger charge is -2.40. The minimum atomic E-state index is 0.0968. The molecule has 0 aromatic heterocycles. The molecule has 2 aromatic carbocycles. The van der Waals surface area contributed by atoms with E-state index in [1.54, 1.807) is 0 Å². The van der Waals surface area contributed by atoms with E-state index in [9.17, 15) is 4.79 Å². The maximum Gasteiger partial charge on any atom is 0.241 e. The van der Waals surface area contributed by atoms with E-state index in [1.807, 2.05) is 29.2 Å². The van der Waals surface area contributed by atoms with Crippen LogP contribution in [0.25, 0.3) is 10.8 Å². The van der Waals surface area contributed by atoms with Crippen molar-refractivity contribution in [1.29, 1.82) is 0 Å². The molecule has 4 nitrogen and oxygen atoms in total. The predicted octanol–water partition coefficient (Wildman–Crippen LogP) is 1.54. The fourth-order valence-electron chi connectivity index (χ4n) is 2.95. The van der Waals surface area contributed by atoms with Crippen LogP contribution >= 0.6 is 0 Å². The van der Waals surface area contributed by atoms with Gasteiger partial charge in [0, 0.05) is 11.9 Å². The van der Waals surface area contributed by atoms with Crippen molar-refractivity contribution in [3.63, 3.8) is 0 Å². The van der Waals surface area contributed by atoms with E-state index in [0.717, 1.165) is 28.8 Å². The number of piperazine rings is 1. The predicted molar refractivity (Wildman–Crippen MR) is 73.6 cm³/mol. The van der Waals surface area contributed by atoms with Gasteiger partial charge in [-0.1, -0.05) is 30.3 Å². The molecular weight excluding hydrogens is 240 g/mol. The van der Waals surface area contributed by atoms with Gasteiger partial charge < -0.3 is 10.1 Å². The Morgan fingerprint density at radius 2 is 2.11 bits per heavy atom. The second-order valence-corrected chi connectivity index (χ2v) is 4.99. The van der Waals surface area contributed by atoms with E-state index in [4.69, 9.17) is 4.74 Å². The molecule has 0 bridgehead atoms. The fourth-order valence-corrected chi connectivity index (χ4v) is 2.95. The molecule has 0 saturated carbocycles. The largest absolute Gasteiger partial charge is 0.489 e. The molecule has 1 amide bonds. The number of nitrogens with zero attached hydrogens (tertiary/aromatic N) is 1. The SMILES string of the molecule is O=C1CNCC2COc3ccc4ccccc4c3N12. The number of carbonyl (C=O) groups excluding carboxylic acids is 1. The second-order valence-electron chi connectivity index (χ2n) is 4.99. The van der Waals surface area contributed by atoms with Crippen LogP contribution in [0.15, 0.2) is 36.4 Å². The molecule has 0 aliphatic carbocycles. The lowest BCUT2D eigenvalue weighted by atomic mass is 10.0. The van der Waals surface area contributed by atoms with E-state index >= 15 is 0 Å². The molecular formula is C15H14N2O2. The van der Waals surface area contributed by atoms with E-state index < -0.39 is 0 Å². The molecule has 1 atom stereocenters. The minimum absolute atomic E-state index is 0.0968. The van der Waals surface area contributed by atoms with Gasteiger partial charge in [-0.15, -0.1) is 0 Å². The van der Waals surface area contributed by atoms with Crippen LogP contribution in [0.5, 0.6) is 5.75 Å². The number of amides is 1.